The Hall–Kier alpha value is -2.33. The van der Waals surface area contributed by atoms with Crippen LogP contribution in [0, 0.1) is 17.1 Å². The number of thioether (sulfide) groups is 1. The Bertz CT molecular complexity index is 649. The van der Waals surface area contributed by atoms with E-state index in [0.29, 0.717) is 5.69 Å². The van der Waals surface area contributed by atoms with Crippen LogP contribution in [0.4, 0.5) is 10.1 Å². The fraction of sp³-hybridized carbons (Fsp3) is 0.154. The third kappa shape index (κ3) is 2.38. The van der Waals surface area contributed by atoms with Gasteiger partial charge >= 0.3 is 0 Å². The van der Waals surface area contributed by atoms with Crippen LogP contribution in [0.3, 0.4) is 0 Å². The van der Waals surface area contributed by atoms with Gasteiger partial charge in [-0.1, -0.05) is 11.8 Å². The van der Waals surface area contributed by atoms with Crippen molar-refractivity contribution < 1.29 is 14.0 Å². The molecule has 2 rings (SSSR count). The molecule has 1 aromatic rings. The molecule has 1 aliphatic rings. The Kier molecular flexibility index (Phi) is 3.77. The van der Waals surface area contributed by atoms with Gasteiger partial charge in [0.15, 0.2) is 0 Å². The number of nitrogens with two attached hydrogens (primary N) is 1. The highest BCUT2D eigenvalue weighted by atomic mass is 32.2. The largest absolute Gasteiger partial charge is 0.365 e. The van der Waals surface area contributed by atoms with Crippen molar-refractivity contribution in [2.45, 2.75) is 12.2 Å². The monoisotopic (exact) mass is 291 g/mol. The summed E-state index contributed by atoms with van der Waals surface area (Å²) in [5.74, 6) is -1.63. The summed E-state index contributed by atoms with van der Waals surface area (Å²) in [5, 5.41) is 8.76. The lowest BCUT2D eigenvalue weighted by atomic mass is 10.2. The van der Waals surface area contributed by atoms with E-state index in [1.165, 1.54) is 29.2 Å². The molecule has 0 unspecified atom stereocenters. The lowest BCUT2D eigenvalue weighted by Gasteiger charge is -2.17. The van der Waals surface area contributed by atoms with Gasteiger partial charge < -0.3 is 5.73 Å². The van der Waals surface area contributed by atoms with Gasteiger partial charge in [0.2, 0.25) is 5.91 Å². The van der Waals surface area contributed by atoms with Gasteiger partial charge in [0.25, 0.3) is 5.91 Å². The van der Waals surface area contributed by atoms with Gasteiger partial charge in [-0.15, -0.1) is 0 Å². The molecule has 1 fully saturated rings. The standard InChI is InChI=1S/C13H10FN3O2S/c1-7-12(19)17(9-4-2-8(14)3-5-9)13(20-7)10(6-15)11(16)18/h2-5,7H,1H3,(H2,16,18)/b13-10+/t7-/m1/s1. The molecule has 102 valence electrons. The number of halogens is 1. The molecule has 1 aliphatic heterocycles. The molecule has 20 heavy (non-hydrogen) atoms. The van der Waals surface area contributed by atoms with Gasteiger partial charge in [0, 0.05) is 5.69 Å². The SMILES string of the molecule is C[C@H]1S/C(=C(\C#N)C(N)=O)N(c2ccc(F)cc2)C1=O. The minimum absolute atomic E-state index is 0.184. The number of nitrogens with zero attached hydrogens (tertiary/aromatic N) is 2. The molecule has 7 heteroatoms. The van der Waals surface area contributed by atoms with Gasteiger partial charge in [0.05, 0.1) is 5.25 Å². The van der Waals surface area contributed by atoms with Gasteiger partial charge in [-0.25, -0.2) is 4.39 Å². The lowest BCUT2D eigenvalue weighted by Crippen LogP contribution is -2.29. The second-order valence-electron chi connectivity index (χ2n) is 4.07. The van der Waals surface area contributed by atoms with Crippen molar-refractivity contribution in [3.05, 3.63) is 40.7 Å². The predicted molar refractivity (Wildman–Crippen MR) is 72.8 cm³/mol. The van der Waals surface area contributed by atoms with Gasteiger partial charge in [-0.3, -0.25) is 14.5 Å². The summed E-state index contributed by atoms with van der Waals surface area (Å²) in [6, 6.07) is 6.92. The fourth-order valence-corrected chi connectivity index (χ4v) is 2.87. The molecule has 5 nitrogen and oxygen atoms in total. The molecule has 1 atom stereocenters. The Labute approximate surface area is 118 Å². The summed E-state index contributed by atoms with van der Waals surface area (Å²) < 4.78 is 13.0. The number of amides is 2. The number of hydrogen-bond acceptors (Lipinski definition) is 4. The lowest BCUT2D eigenvalue weighted by molar-refractivity contribution is -0.116. The second-order valence-corrected chi connectivity index (χ2v) is 5.40. The normalized spacial score (nSPS) is 20.8. The highest BCUT2D eigenvalue weighted by Crippen LogP contribution is 2.40. The third-order valence-electron chi connectivity index (χ3n) is 2.72. The fourth-order valence-electron chi connectivity index (χ4n) is 1.77. The summed E-state index contributed by atoms with van der Waals surface area (Å²) in [5.41, 5.74) is 5.26. The minimum Gasteiger partial charge on any atom is -0.365 e. The van der Waals surface area contributed by atoms with E-state index >= 15 is 0 Å². The zero-order valence-corrected chi connectivity index (χ0v) is 11.3. The van der Waals surface area contributed by atoms with Crippen LogP contribution in [0.5, 0.6) is 0 Å². The van der Waals surface area contributed by atoms with Crippen LogP contribution < -0.4 is 10.6 Å². The smallest absolute Gasteiger partial charge is 0.262 e. The van der Waals surface area contributed by atoms with Crippen LogP contribution in [0.1, 0.15) is 6.92 Å². The van der Waals surface area contributed by atoms with E-state index in [1.807, 2.05) is 0 Å². The second kappa shape index (κ2) is 5.35. The number of rotatable bonds is 2. The molecule has 0 spiro atoms. The Balaban J connectivity index is 2.58. The molecular weight excluding hydrogens is 281 g/mol. The molecule has 0 aliphatic carbocycles. The van der Waals surface area contributed by atoms with Crippen molar-refractivity contribution >= 4 is 29.3 Å². The molecule has 0 radical (unpaired) electrons. The van der Waals surface area contributed by atoms with Crippen LogP contribution in [0.15, 0.2) is 34.9 Å². The molecule has 0 aromatic heterocycles. The number of carbonyl (C=O) groups excluding carboxylic acids is 2. The van der Waals surface area contributed by atoms with Crippen LogP contribution in [0.2, 0.25) is 0 Å². The minimum atomic E-state index is -0.899. The predicted octanol–water partition coefficient (Wildman–Crippen LogP) is 1.51. The first kappa shape index (κ1) is 14.1. The number of anilines is 1. The van der Waals surface area contributed by atoms with Crippen LogP contribution >= 0.6 is 11.8 Å². The van der Waals surface area contributed by atoms with Crippen molar-refractivity contribution in [2.24, 2.45) is 5.73 Å². The zero-order chi connectivity index (χ0) is 14.9. The summed E-state index contributed by atoms with van der Waals surface area (Å²) in [7, 11) is 0. The van der Waals surface area contributed by atoms with Crippen LogP contribution in [0.25, 0.3) is 0 Å². The van der Waals surface area contributed by atoms with Crippen LogP contribution in [-0.2, 0) is 9.59 Å². The topological polar surface area (TPSA) is 87.2 Å². The number of nitriles is 1. The molecular formula is C13H10FN3O2S. The van der Waals surface area contributed by atoms with E-state index in [2.05, 4.69) is 0 Å². The number of carbonyl (C=O) groups is 2. The van der Waals surface area contributed by atoms with Crippen LogP contribution in [-0.4, -0.2) is 17.1 Å². The van der Waals surface area contributed by atoms with Gasteiger partial charge in [-0.2, -0.15) is 5.26 Å². The van der Waals surface area contributed by atoms with Gasteiger partial charge in [0.1, 0.15) is 22.5 Å². The average Bonchev–Trinajstić information content (AvgIpc) is 2.68. The summed E-state index contributed by atoms with van der Waals surface area (Å²) in [4.78, 5) is 24.7. The first-order valence-corrected chi connectivity index (χ1v) is 6.54. The summed E-state index contributed by atoms with van der Waals surface area (Å²) in [6.45, 7) is 1.66. The maximum atomic E-state index is 13.0. The van der Waals surface area contributed by atoms with Crippen molar-refractivity contribution in [1.82, 2.24) is 0 Å². The highest BCUT2D eigenvalue weighted by molar-refractivity contribution is 8.05. The van der Waals surface area contributed by atoms with Crippen molar-refractivity contribution in [3.63, 3.8) is 0 Å². The number of benzene rings is 1. The molecule has 2 amide bonds. The molecule has 0 bridgehead atoms. The number of hydrogen-bond donors (Lipinski definition) is 1. The Morgan fingerprint density at radius 1 is 1.45 bits per heavy atom. The molecule has 1 heterocycles. The summed E-state index contributed by atoms with van der Waals surface area (Å²) in [6.07, 6.45) is 0. The first-order valence-electron chi connectivity index (χ1n) is 5.66. The van der Waals surface area contributed by atoms with E-state index in [0.717, 1.165) is 11.8 Å². The summed E-state index contributed by atoms with van der Waals surface area (Å²) >= 11 is 1.08. The third-order valence-corrected chi connectivity index (χ3v) is 3.88. The van der Waals surface area contributed by atoms with Gasteiger partial charge in [-0.05, 0) is 31.2 Å². The molecule has 1 aromatic carbocycles. The first-order chi connectivity index (χ1) is 9.45. The van der Waals surface area contributed by atoms with E-state index < -0.39 is 17.0 Å². The highest BCUT2D eigenvalue weighted by Gasteiger charge is 2.37. The zero-order valence-electron chi connectivity index (χ0n) is 10.5. The Morgan fingerprint density at radius 3 is 2.55 bits per heavy atom. The Morgan fingerprint density at radius 2 is 2.05 bits per heavy atom. The molecule has 0 saturated carbocycles. The van der Waals surface area contributed by atoms with E-state index in [1.54, 1.807) is 13.0 Å². The van der Waals surface area contributed by atoms with E-state index in [-0.39, 0.29) is 16.5 Å². The van der Waals surface area contributed by atoms with E-state index in [4.69, 9.17) is 11.0 Å². The maximum absolute atomic E-state index is 13.0. The van der Waals surface area contributed by atoms with Crippen molar-refractivity contribution in [3.8, 4) is 6.07 Å². The molecule has 2 N–H and O–H groups in total. The maximum Gasteiger partial charge on any atom is 0.262 e. The molecule has 1 saturated heterocycles. The van der Waals surface area contributed by atoms with Crippen molar-refractivity contribution in [2.75, 3.05) is 4.90 Å². The number of primary amides is 1. The van der Waals surface area contributed by atoms with E-state index in [9.17, 15) is 14.0 Å². The quantitative estimate of drug-likeness (QED) is 0.661. The van der Waals surface area contributed by atoms with Crippen molar-refractivity contribution in [1.29, 1.82) is 5.26 Å². The average molecular weight is 291 g/mol.